The Morgan fingerprint density at radius 2 is 1.93 bits per heavy atom. The fourth-order valence-electron chi connectivity index (χ4n) is 2.50. The Labute approximate surface area is 154 Å². The highest BCUT2D eigenvalue weighted by Crippen LogP contribution is 2.24. The summed E-state index contributed by atoms with van der Waals surface area (Å²) in [6.07, 6.45) is 1.90. The van der Waals surface area contributed by atoms with E-state index in [4.69, 9.17) is 5.21 Å². The van der Waals surface area contributed by atoms with Gasteiger partial charge in [0.05, 0.1) is 0 Å². The normalized spacial score (nSPS) is 13.8. The van der Waals surface area contributed by atoms with Crippen molar-refractivity contribution in [1.29, 1.82) is 0 Å². The Kier molecular flexibility index (Phi) is 5.81. The number of sulfone groups is 1. The van der Waals surface area contributed by atoms with Crippen LogP contribution in [0, 0.1) is 11.6 Å². The smallest absolute Gasteiger partial charge is 0.264 e. The molecule has 0 aliphatic heterocycles. The Morgan fingerprint density at radius 1 is 1.26 bits per heavy atom. The first-order valence-electron chi connectivity index (χ1n) is 7.79. The lowest BCUT2D eigenvalue weighted by Gasteiger charge is -2.25. The highest BCUT2D eigenvalue weighted by molar-refractivity contribution is 7.92. The number of aromatic nitrogens is 1. The molecule has 1 heterocycles. The first-order chi connectivity index (χ1) is 12.5. The molecule has 0 spiro atoms. The molecule has 2 N–H and O–H groups in total. The van der Waals surface area contributed by atoms with Gasteiger partial charge in [-0.05, 0) is 37.1 Å². The van der Waals surface area contributed by atoms with Gasteiger partial charge in [-0.2, -0.15) is 0 Å². The van der Waals surface area contributed by atoms with Gasteiger partial charge in [0, 0.05) is 36.7 Å². The second-order valence-electron chi connectivity index (χ2n) is 6.27. The molecule has 0 bridgehead atoms. The summed E-state index contributed by atoms with van der Waals surface area (Å²) in [5, 5.41) is 8.80. The molecular weight excluding hydrogens is 382 g/mol. The number of carbonyl (C=O) groups excluding carboxylic acids is 1. The van der Waals surface area contributed by atoms with E-state index in [2.05, 4.69) is 0 Å². The van der Waals surface area contributed by atoms with Gasteiger partial charge in [-0.15, -0.1) is 0 Å². The minimum atomic E-state index is -3.89. The zero-order valence-corrected chi connectivity index (χ0v) is 15.4. The third-order valence-corrected chi connectivity index (χ3v) is 6.49. The van der Waals surface area contributed by atoms with E-state index in [-0.39, 0.29) is 24.1 Å². The molecule has 0 fully saturated rings. The molecule has 0 radical (unpaired) electrons. The number of hydroxylamine groups is 1. The number of amides is 1. The number of carbonyl (C=O) groups is 1. The van der Waals surface area contributed by atoms with E-state index < -0.39 is 37.7 Å². The fraction of sp³-hybridized carbons (Fsp3) is 0.294. The first-order valence-corrected chi connectivity index (χ1v) is 9.69. The van der Waals surface area contributed by atoms with Crippen LogP contribution in [0.3, 0.4) is 0 Å². The van der Waals surface area contributed by atoms with Crippen LogP contribution in [0.15, 0.2) is 41.3 Å². The Balaban J connectivity index is 2.31. The second-order valence-corrected chi connectivity index (χ2v) is 8.71. The van der Waals surface area contributed by atoms with Gasteiger partial charge in [0.25, 0.3) is 11.5 Å². The van der Waals surface area contributed by atoms with Crippen molar-refractivity contribution in [1.82, 2.24) is 10.0 Å². The molecule has 1 aromatic carbocycles. The standard InChI is InChI=1S/C17H18F2N2O5S/c1-17(16(23)20-24,27(2,25)26)6-8-21-7-5-11(9-15(21)22)13-4-3-12(18)10-14(13)19/h3-5,7,9-10,24H,6,8H2,1-2H3,(H,20,23)/t17-/m1/s1. The third kappa shape index (κ3) is 4.22. The summed E-state index contributed by atoms with van der Waals surface area (Å²) in [5.74, 6) is -2.67. The van der Waals surface area contributed by atoms with Crippen LogP contribution in [0.4, 0.5) is 8.78 Å². The predicted molar refractivity (Wildman–Crippen MR) is 93.8 cm³/mol. The number of nitrogens with one attached hydrogen (secondary N) is 1. The lowest BCUT2D eigenvalue weighted by Crippen LogP contribution is -2.49. The monoisotopic (exact) mass is 400 g/mol. The van der Waals surface area contributed by atoms with Gasteiger partial charge in [0.1, 0.15) is 11.6 Å². The average molecular weight is 400 g/mol. The van der Waals surface area contributed by atoms with Crippen molar-refractivity contribution >= 4 is 15.7 Å². The Bertz CT molecular complexity index is 1040. The summed E-state index contributed by atoms with van der Waals surface area (Å²) < 4.78 is 49.9. The van der Waals surface area contributed by atoms with Crippen molar-refractivity contribution < 1.29 is 27.2 Å². The predicted octanol–water partition coefficient (Wildman–Crippen LogP) is 1.49. The first kappa shape index (κ1) is 20.7. The molecule has 2 rings (SSSR count). The minimum absolute atomic E-state index is 0.0429. The van der Waals surface area contributed by atoms with E-state index in [1.54, 1.807) is 0 Å². The summed E-state index contributed by atoms with van der Waals surface area (Å²) in [6.45, 7) is 1.00. The molecule has 0 saturated carbocycles. The Morgan fingerprint density at radius 3 is 2.44 bits per heavy atom. The molecule has 7 nitrogen and oxygen atoms in total. The van der Waals surface area contributed by atoms with Crippen LogP contribution < -0.4 is 11.0 Å². The number of hydrogen-bond donors (Lipinski definition) is 2. The molecule has 1 amide bonds. The number of benzene rings is 1. The van der Waals surface area contributed by atoms with Crippen molar-refractivity contribution in [2.24, 2.45) is 0 Å². The van der Waals surface area contributed by atoms with Crippen molar-refractivity contribution in [3.8, 4) is 11.1 Å². The van der Waals surface area contributed by atoms with Crippen LogP contribution in [0.1, 0.15) is 13.3 Å². The largest absolute Gasteiger partial charge is 0.315 e. The maximum atomic E-state index is 13.8. The average Bonchev–Trinajstić information content (AvgIpc) is 2.58. The van der Waals surface area contributed by atoms with Crippen molar-refractivity contribution in [3.63, 3.8) is 0 Å². The highest BCUT2D eigenvalue weighted by Gasteiger charge is 2.43. The van der Waals surface area contributed by atoms with Crippen molar-refractivity contribution in [3.05, 3.63) is 58.5 Å². The topological polar surface area (TPSA) is 105 Å². The van der Waals surface area contributed by atoms with Gasteiger partial charge in [-0.25, -0.2) is 22.7 Å². The molecule has 1 atom stereocenters. The molecule has 0 saturated heterocycles. The number of hydrogen-bond acceptors (Lipinski definition) is 5. The summed E-state index contributed by atoms with van der Waals surface area (Å²) in [4.78, 5) is 24.1. The molecule has 10 heteroatoms. The minimum Gasteiger partial charge on any atom is -0.315 e. The number of rotatable bonds is 6. The maximum Gasteiger partial charge on any atom is 0.264 e. The summed E-state index contributed by atoms with van der Waals surface area (Å²) in [5.41, 5.74) is 1.04. The Hall–Kier alpha value is -2.59. The van der Waals surface area contributed by atoms with Gasteiger partial charge < -0.3 is 4.57 Å². The van der Waals surface area contributed by atoms with E-state index in [9.17, 15) is 26.8 Å². The van der Waals surface area contributed by atoms with E-state index in [1.807, 2.05) is 0 Å². The lowest BCUT2D eigenvalue weighted by atomic mass is 10.1. The zero-order chi connectivity index (χ0) is 20.4. The number of aryl methyl sites for hydroxylation is 1. The molecule has 0 unspecified atom stereocenters. The molecule has 0 aliphatic carbocycles. The summed E-state index contributed by atoms with van der Waals surface area (Å²) in [6, 6.07) is 5.51. The third-order valence-electron chi connectivity index (χ3n) is 4.47. The SMILES string of the molecule is C[C@@](CCn1ccc(-c2ccc(F)cc2F)cc1=O)(C(=O)NO)S(C)(=O)=O. The molecule has 1 aromatic heterocycles. The molecular formula is C17H18F2N2O5S. The number of pyridine rings is 1. The lowest BCUT2D eigenvalue weighted by molar-refractivity contribution is -0.131. The molecule has 0 aliphatic rings. The van der Waals surface area contributed by atoms with Crippen molar-refractivity contribution in [2.45, 2.75) is 24.6 Å². The van der Waals surface area contributed by atoms with Crippen LogP contribution in [0.5, 0.6) is 0 Å². The van der Waals surface area contributed by atoms with Crippen LogP contribution >= 0.6 is 0 Å². The van der Waals surface area contributed by atoms with Gasteiger partial charge in [0.2, 0.25) is 0 Å². The van der Waals surface area contributed by atoms with Gasteiger partial charge >= 0.3 is 0 Å². The van der Waals surface area contributed by atoms with Crippen LogP contribution in [0.25, 0.3) is 11.1 Å². The van der Waals surface area contributed by atoms with Crippen LogP contribution in [-0.2, 0) is 21.2 Å². The highest BCUT2D eigenvalue weighted by atomic mass is 32.2. The molecule has 146 valence electrons. The number of halogens is 2. The van der Waals surface area contributed by atoms with Gasteiger partial charge in [-0.3, -0.25) is 14.8 Å². The van der Waals surface area contributed by atoms with Gasteiger partial charge in [-0.1, -0.05) is 0 Å². The quantitative estimate of drug-likeness (QED) is 0.565. The molecule has 2 aromatic rings. The van der Waals surface area contributed by atoms with E-state index >= 15 is 0 Å². The zero-order valence-electron chi connectivity index (χ0n) is 14.6. The van der Waals surface area contributed by atoms with Crippen LogP contribution in [-0.4, -0.2) is 35.1 Å². The summed E-state index contributed by atoms with van der Waals surface area (Å²) in [7, 11) is -3.89. The van der Waals surface area contributed by atoms with E-state index in [0.717, 1.165) is 29.9 Å². The van der Waals surface area contributed by atoms with E-state index in [1.165, 1.54) is 23.8 Å². The van der Waals surface area contributed by atoms with E-state index in [0.29, 0.717) is 6.07 Å². The van der Waals surface area contributed by atoms with Gasteiger partial charge in [0.15, 0.2) is 14.6 Å². The molecule has 27 heavy (non-hydrogen) atoms. The number of nitrogens with zero attached hydrogens (tertiary/aromatic N) is 1. The van der Waals surface area contributed by atoms with Crippen LogP contribution in [0.2, 0.25) is 0 Å². The second kappa shape index (κ2) is 7.57. The fourth-order valence-corrected chi connectivity index (χ4v) is 3.35. The maximum absolute atomic E-state index is 13.8. The summed E-state index contributed by atoms with van der Waals surface area (Å²) >= 11 is 0. The van der Waals surface area contributed by atoms with Crippen molar-refractivity contribution in [2.75, 3.05) is 6.26 Å².